The molecule has 0 bridgehead atoms. The van der Waals surface area contributed by atoms with Gasteiger partial charge in [-0.1, -0.05) is 12.1 Å². The molecule has 2 heterocycles. The number of carbonyl (C=O) groups is 2. The van der Waals surface area contributed by atoms with E-state index in [0.29, 0.717) is 4.96 Å². The molecule has 146 valence electrons. The number of hydrogen-bond acceptors (Lipinski definition) is 7. The number of benzene rings is 1. The monoisotopic (exact) mass is 409 g/mol. The van der Waals surface area contributed by atoms with E-state index in [0.717, 1.165) is 0 Å². The van der Waals surface area contributed by atoms with Crippen LogP contribution in [0.1, 0.15) is 16.1 Å². The summed E-state index contributed by atoms with van der Waals surface area (Å²) < 4.78 is 35.4. The Balaban J connectivity index is 1.55. The number of nitrogens with zero attached hydrogens (tertiary/aromatic N) is 2. The normalized spacial score (nSPS) is 10.8. The number of rotatable bonds is 7. The average Bonchev–Trinajstić information content (AvgIpc) is 3.13. The van der Waals surface area contributed by atoms with Gasteiger partial charge < -0.3 is 14.8 Å². The van der Waals surface area contributed by atoms with E-state index in [4.69, 9.17) is 4.74 Å². The van der Waals surface area contributed by atoms with Gasteiger partial charge in [-0.2, -0.15) is 8.78 Å². The molecule has 0 atom stereocenters. The molecule has 0 saturated carbocycles. The molecule has 0 spiro atoms. The Kier molecular flexibility index (Phi) is 5.94. The number of para-hydroxylation sites is 1. The first-order valence-corrected chi connectivity index (χ1v) is 8.75. The van der Waals surface area contributed by atoms with Crippen molar-refractivity contribution in [1.82, 2.24) is 14.7 Å². The van der Waals surface area contributed by atoms with Gasteiger partial charge in [0, 0.05) is 17.6 Å². The molecule has 3 aromatic rings. The Morgan fingerprint density at radius 1 is 1.29 bits per heavy atom. The third kappa shape index (κ3) is 4.68. The predicted molar refractivity (Wildman–Crippen MR) is 94.5 cm³/mol. The number of ether oxygens (including phenoxy) is 2. The van der Waals surface area contributed by atoms with Gasteiger partial charge in [-0.05, 0) is 12.1 Å². The summed E-state index contributed by atoms with van der Waals surface area (Å²) in [6.07, 6.45) is 1.58. The molecule has 0 aliphatic heterocycles. The number of thiazole rings is 1. The Morgan fingerprint density at radius 2 is 2.07 bits per heavy atom. The zero-order valence-electron chi connectivity index (χ0n) is 14.1. The molecule has 1 N–H and O–H groups in total. The quantitative estimate of drug-likeness (QED) is 0.598. The summed E-state index contributed by atoms with van der Waals surface area (Å²) in [6.45, 7) is -3.83. The smallest absolute Gasteiger partial charge is 0.387 e. The van der Waals surface area contributed by atoms with Crippen molar-refractivity contribution in [3.63, 3.8) is 0 Å². The zero-order valence-corrected chi connectivity index (χ0v) is 14.9. The Hall–Kier alpha value is -3.34. The largest absolute Gasteiger partial charge is 0.458 e. The first kappa shape index (κ1) is 19.4. The van der Waals surface area contributed by atoms with E-state index in [1.807, 2.05) is 0 Å². The van der Waals surface area contributed by atoms with E-state index >= 15 is 0 Å². The summed E-state index contributed by atoms with van der Waals surface area (Å²) in [6, 6.07) is 6.64. The van der Waals surface area contributed by atoms with Crippen molar-refractivity contribution in [2.75, 3.05) is 6.54 Å². The van der Waals surface area contributed by atoms with Gasteiger partial charge >= 0.3 is 12.6 Å². The minimum absolute atomic E-state index is 0.145. The molecule has 3 rings (SSSR count). The number of hydrogen-bond donors (Lipinski definition) is 1. The van der Waals surface area contributed by atoms with Crippen LogP contribution in [-0.2, 0) is 16.1 Å². The molecule has 8 nitrogen and oxygen atoms in total. The third-order valence-electron chi connectivity index (χ3n) is 3.48. The molecule has 0 aliphatic rings. The Morgan fingerprint density at radius 3 is 2.86 bits per heavy atom. The number of esters is 1. The second-order valence-corrected chi connectivity index (χ2v) is 6.23. The molecule has 0 fully saturated rings. The molecule has 0 unspecified atom stereocenters. The fourth-order valence-electron chi connectivity index (χ4n) is 2.27. The van der Waals surface area contributed by atoms with Crippen LogP contribution < -0.4 is 15.6 Å². The van der Waals surface area contributed by atoms with E-state index in [1.165, 1.54) is 46.1 Å². The number of alkyl halides is 2. The second kappa shape index (κ2) is 8.57. The van der Waals surface area contributed by atoms with Crippen molar-refractivity contribution in [2.45, 2.75) is 13.2 Å². The predicted octanol–water partition coefficient (Wildman–Crippen LogP) is 1.83. The molecule has 0 saturated heterocycles. The van der Waals surface area contributed by atoms with E-state index < -0.39 is 25.0 Å². The van der Waals surface area contributed by atoms with Crippen molar-refractivity contribution >= 4 is 28.2 Å². The van der Waals surface area contributed by atoms with Crippen molar-refractivity contribution in [3.05, 3.63) is 63.5 Å². The summed E-state index contributed by atoms with van der Waals surface area (Å²) >= 11 is 1.26. The maximum atomic E-state index is 12.4. The number of nitrogens with one attached hydrogen (secondary N) is 1. The first-order valence-electron chi connectivity index (χ1n) is 7.87. The van der Waals surface area contributed by atoms with Crippen LogP contribution in [0.25, 0.3) is 4.96 Å². The lowest BCUT2D eigenvalue weighted by molar-refractivity contribution is -0.143. The standard InChI is InChI=1S/C17H13F2N3O5S/c18-16(19)27-12-4-2-1-3-11(12)15(25)20-8-14(24)26-9-10-7-13(23)22-5-6-28-17(22)21-10/h1-7,16H,8-9H2,(H,20,25). The van der Waals surface area contributed by atoms with E-state index in [-0.39, 0.29) is 29.2 Å². The van der Waals surface area contributed by atoms with Gasteiger partial charge in [0.15, 0.2) is 4.96 Å². The highest BCUT2D eigenvalue weighted by Crippen LogP contribution is 2.20. The summed E-state index contributed by atoms with van der Waals surface area (Å²) in [5.41, 5.74) is -0.183. The maximum Gasteiger partial charge on any atom is 0.387 e. The number of amides is 1. The molecule has 28 heavy (non-hydrogen) atoms. The lowest BCUT2D eigenvalue weighted by Crippen LogP contribution is -2.31. The third-order valence-corrected chi connectivity index (χ3v) is 4.23. The number of aromatic nitrogens is 2. The van der Waals surface area contributed by atoms with Crippen molar-refractivity contribution in [3.8, 4) is 5.75 Å². The van der Waals surface area contributed by atoms with Crippen LogP contribution in [0.2, 0.25) is 0 Å². The summed E-state index contributed by atoms with van der Waals surface area (Å²) in [5.74, 6) is -1.87. The van der Waals surface area contributed by atoms with Gasteiger partial charge in [-0.15, -0.1) is 11.3 Å². The van der Waals surface area contributed by atoms with E-state index in [2.05, 4.69) is 15.0 Å². The van der Waals surface area contributed by atoms with Crippen LogP contribution >= 0.6 is 11.3 Å². The van der Waals surface area contributed by atoms with Crippen LogP contribution in [0, 0.1) is 0 Å². The van der Waals surface area contributed by atoms with E-state index in [9.17, 15) is 23.2 Å². The lowest BCUT2D eigenvalue weighted by atomic mass is 10.2. The highest BCUT2D eigenvalue weighted by Gasteiger charge is 2.16. The molecular weight excluding hydrogens is 396 g/mol. The van der Waals surface area contributed by atoms with Crippen LogP contribution in [0.3, 0.4) is 0 Å². The summed E-state index contributed by atoms with van der Waals surface area (Å²) in [4.78, 5) is 40.4. The number of fused-ring (bicyclic) bond motifs is 1. The van der Waals surface area contributed by atoms with Crippen LogP contribution in [0.15, 0.2) is 46.7 Å². The van der Waals surface area contributed by atoms with Gasteiger partial charge in [-0.25, -0.2) is 4.98 Å². The Labute approximate surface area is 160 Å². The molecule has 1 aromatic carbocycles. The van der Waals surface area contributed by atoms with Crippen LogP contribution in [-0.4, -0.2) is 34.4 Å². The average molecular weight is 409 g/mol. The van der Waals surface area contributed by atoms with Crippen molar-refractivity contribution < 1.29 is 27.8 Å². The van der Waals surface area contributed by atoms with Gasteiger partial charge in [0.1, 0.15) is 18.9 Å². The van der Waals surface area contributed by atoms with Crippen LogP contribution in [0.5, 0.6) is 5.75 Å². The maximum absolute atomic E-state index is 12.4. The van der Waals surface area contributed by atoms with Gasteiger partial charge in [0.25, 0.3) is 11.5 Å². The van der Waals surface area contributed by atoms with Gasteiger partial charge in [-0.3, -0.25) is 18.8 Å². The fraction of sp³-hybridized carbons (Fsp3) is 0.176. The lowest BCUT2D eigenvalue weighted by Gasteiger charge is -2.10. The van der Waals surface area contributed by atoms with Crippen molar-refractivity contribution in [1.29, 1.82) is 0 Å². The highest BCUT2D eigenvalue weighted by atomic mass is 32.1. The molecule has 0 radical (unpaired) electrons. The molecule has 11 heteroatoms. The molecular formula is C17H13F2N3O5S. The summed E-state index contributed by atoms with van der Waals surface area (Å²) in [7, 11) is 0. The molecule has 1 amide bonds. The second-order valence-electron chi connectivity index (χ2n) is 5.36. The Bertz CT molecular complexity index is 1070. The van der Waals surface area contributed by atoms with Gasteiger partial charge in [0.05, 0.1) is 11.3 Å². The topological polar surface area (TPSA) is 99.0 Å². The SMILES string of the molecule is O=C(CNC(=O)c1ccccc1OC(F)F)OCc1cc(=O)n2ccsc2n1. The summed E-state index contributed by atoms with van der Waals surface area (Å²) in [5, 5.41) is 3.96. The first-order chi connectivity index (χ1) is 13.4. The zero-order chi connectivity index (χ0) is 20.1. The van der Waals surface area contributed by atoms with Gasteiger partial charge in [0.2, 0.25) is 0 Å². The van der Waals surface area contributed by atoms with Crippen LogP contribution in [0.4, 0.5) is 8.78 Å². The number of halogens is 2. The van der Waals surface area contributed by atoms with Crippen molar-refractivity contribution in [2.24, 2.45) is 0 Å². The number of carbonyl (C=O) groups excluding carboxylic acids is 2. The minimum atomic E-state index is -3.09. The van der Waals surface area contributed by atoms with E-state index in [1.54, 1.807) is 11.6 Å². The molecule has 2 aromatic heterocycles. The fourth-order valence-corrected chi connectivity index (χ4v) is 3.01. The highest BCUT2D eigenvalue weighted by molar-refractivity contribution is 7.15. The molecule has 0 aliphatic carbocycles. The minimum Gasteiger partial charge on any atom is -0.458 e.